The van der Waals surface area contributed by atoms with Gasteiger partial charge in [-0.05, 0) is 52.9 Å². The van der Waals surface area contributed by atoms with Crippen LogP contribution in [0.25, 0.3) is 11.1 Å². The van der Waals surface area contributed by atoms with E-state index in [1.807, 2.05) is 42.5 Å². The lowest BCUT2D eigenvalue weighted by Gasteiger charge is -2.18. The molecule has 0 radical (unpaired) electrons. The van der Waals surface area contributed by atoms with Crippen molar-refractivity contribution in [2.45, 2.75) is 12.3 Å². The molecule has 1 unspecified atom stereocenters. The number of pyridine rings is 1. The molecule has 3 aromatic carbocycles. The van der Waals surface area contributed by atoms with Crippen molar-refractivity contribution < 1.29 is 15.0 Å². The average molecular weight is 395 g/mol. The zero-order chi connectivity index (χ0) is 20.9. The zero-order valence-electron chi connectivity index (χ0n) is 16.3. The molecule has 148 valence electrons. The number of aromatic hydroxyl groups is 1. The van der Waals surface area contributed by atoms with Crippen LogP contribution < -0.4 is 0 Å². The quantitative estimate of drug-likeness (QED) is 0.450. The van der Waals surface area contributed by atoms with Gasteiger partial charge in [-0.1, -0.05) is 66.7 Å². The predicted molar refractivity (Wildman–Crippen MR) is 117 cm³/mol. The monoisotopic (exact) mass is 395 g/mol. The molecule has 1 atom stereocenters. The molecular weight excluding hydrogens is 374 g/mol. The molecule has 30 heavy (non-hydrogen) atoms. The van der Waals surface area contributed by atoms with Gasteiger partial charge in [0.05, 0.1) is 11.8 Å². The molecule has 0 spiro atoms. The van der Waals surface area contributed by atoms with Crippen LogP contribution in [0.15, 0.2) is 97.2 Å². The smallest absolute Gasteiger partial charge is 0.335 e. The second-order valence-corrected chi connectivity index (χ2v) is 7.19. The number of aromatic carboxylic acids is 1. The number of hydrogen-bond acceptors (Lipinski definition) is 3. The van der Waals surface area contributed by atoms with E-state index in [-0.39, 0.29) is 17.2 Å². The molecule has 0 aliphatic rings. The average Bonchev–Trinajstić information content (AvgIpc) is 2.79. The maximum atomic E-state index is 11.3. The summed E-state index contributed by atoms with van der Waals surface area (Å²) < 4.78 is 0. The predicted octanol–water partition coefficient (Wildman–Crippen LogP) is 5.53. The molecule has 0 amide bonds. The number of hydrogen-bond donors (Lipinski definition) is 2. The van der Waals surface area contributed by atoms with E-state index in [1.165, 1.54) is 11.8 Å². The summed E-state index contributed by atoms with van der Waals surface area (Å²) >= 11 is 0. The third kappa shape index (κ3) is 4.39. The van der Waals surface area contributed by atoms with Crippen LogP contribution in [0, 0.1) is 0 Å². The lowest BCUT2D eigenvalue weighted by Crippen LogP contribution is -2.07. The lowest BCUT2D eigenvalue weighted by molar-refractivity contribution is 0.0697. The highest BCUT2D eigenvalue weighted by Gasteiger charge is 2.17. The van der Waals surface area contributed by atoms with E-state index < -0.39 is 5.97 Å². The van der Waals surface area contributed by atoms with Crippen molar-refractivity contribution in [2.75, 3.05) is 0 Å². The van der Waals surface area contributed by atoms with Crippen molar-refractivity contribution in [3.8, 4) is 16.9 Å². The molecule has 4 heteroatoms. The first-order chi connectivity index (χ1) is 14.6. The molecule has 4 nitrogen and oxygen atoms in total. The summed E-state index contributed by atoms with van der Waals surface area (Å²) in [5.74, 6) is -0.810. The summed E-state index contributed by atoms with van der Waals surface area (Å²) in [6.07, 6.45) is 2.23. The van der Waals surface area contributed by atoms with Gasteiger partial charge in [0.1, 0.15) is 5.75 Å². The highest BCUT2D eigenvalue weighted by molar-refractivity contribution is 5.89. The summed E-state index contributed by atoms with van der Waals surface area (Å²) in [4.78, 5) is 15.8. The van der Waals surface area contributed by atoms with Gasteiger partial charge in [-0.15, -0.1) is 0 Å². The Morgan fingerprint density at radius 2 is 1.57 bits per heavy atom. The van der Waals surface area contributed by atoms with E-state index >= 15 is 0 Å². The first-order valence-electron chi connectivity index (χ1n) is 9.73. The molecule has 4 aromatic rings. The van der Waals surface area contributed by atoms with Gasteiger partial charge in [-0.3, -0.25) is 4.98 Å². The van der Waals surface area contributed by atoms with Gasteiger partial charge < -0.3 is 10.2 Å². The van der Waals surface area contributed by atoms with Crippen molar-refractivity contribution in [2.24, 2.45) is 0 Å². The number of benzene rings is 3. The van der Waals surface area contributed by atoms with E-state index in [1.54, 1.807) is 24.3 Å². The number of carbonyl (C=O) groups is 1. The molecule has 0 bridgehead atoms. The Morgan fingerprint density at radius 3 is 2.27 bits per heavy atom. The maximum Gasteiger partial charge on any atom is 0.335 e. The van der Waals surface area contributed by atoms with Gasteiger partial charge in [-0.25, -0.2) is 4.79 Å². The molecule has 0 aliphatic carbocycles. The van der Waals surface area contributed by atoms with Gasteiger partial charge in [0.25, 0.3) is 0 Å². The molecule has 1 heterocycles. The molecule has 0 saturated heterocycles. The summed E-state index contributed by atoms with van der Waals surface area (Å²) in [7, 11) is 0. The Hall–Kier alpha value is -3.92. The van der Waals surface area contributed by atoms with E-state index in [2.05, 4.69) is 29.2 Å². The van der Waals surface area contributed by atoms with Crippen LogP contribution in [0.5, 0.6) is 5.75 Å². The van der Waals surface area contributed by atoms with Crippen LogP contribution in [0.2, 0.25) is 0 Å². The lowest BCUT2D eigenvalue weighted by atomic mass is 9.87. The standard InChI is InChI=1S/C26H21NO3/c28-23-12-13-25(27-17-23)24(14-18-6-2-1-3-7-18)21-10-4-8-19(15-21)20-9-5-11-22(16-20)26(29)30/h1-13,15-17,24,28H,14H2,(H,29,30). The van der Waals surface area contributed by atoms with E-state index in [0.717, 1.165) is 28.8 Å². The van der Waals surface area contributed by atoms with Crippen molar-refractivity contribution in [1.29, 1.82) is 0 Å². The molecule has 0 aliphatic heterocycles. The number of aromatic nitrogens is 1. The Balaban J connectivity index is 1.75. The second kappa shape index (κ2) is 8.62. The van der Waals surface area contributed by atoms with Crippen LogP contribution in [0.4, 0.5) is 0 Å². The van der Waals surface area contributed by atoms with Crippen molar-refractivity contribution in [3.05, 3.63) is 120 Å². The van der Waals surface area contributed by atoms with Crippen LogP contribution in [0.3, 0.4) is 0 Å². The number of carboxylic acid groups (broad SMARTS) is 1. The fourth-order valence-electron chi connectivity index (χ4n) is 3.61. The number of carboxylic acids is 1. The third-order valence-electron chi connectivity index (χ3n) is 5.14. The first-order valence-corrected chi connectivity index (χ1v) is 9.73. The van der Waals surface area contributed by atoms with Gasteiger partial charge in [0.15, 0.2) is 0 Å². The first kappa shape index (κ1) is 19.4. The van der Waals surface area contributed by atoms with Crippen LogP contribution in [-0.4, -0.2) is 21.2 Å². The Morgan fingerprint density at radius 1 is 0.833 bits per heavy atom. The van der Waals surface area contributed by atoms with Gasteiger partial charge in [0, 0.05) is 11.6 Å². The van der Waals surface area contributed by atoms with Gasteiger partial charge in [0.2, 0.25) is 0 Å². The van der Waals surface area contributed by atoms with Crippen LogP contribution >= 0.6 is 0 Å². The highest BCUT2D eigenvalue weighted by Crippen LogP contribution is 2.31. The van der Waals surface area contributed by atoms with E-state index in [0.29, 0.717) is 0 Å². The third-order valence-corrected chi connectivity index (χ3v) is 5.14. The maximum absolute atomic E-state index is 11.3. The number of rotatable bonds is 6. The summed E-state index contributed by atoms with van der Waals surface area (Å²) in [6, 6.07) is 28.8. The minimum Gasteiger partial charge on any atom is -0.506 e. The zero-order valence-corrected chi connectivity index (χ0v) is 16.3. The Kier molecular flexibility index (Phi) is 5.57. The van der Waals surface area contributed by atoms with Crippen molar-refractivity contribution >= 4 is 5.97 Å². The van der Waals surface area contributed by atoms with Gasteiger partial charge in [-0.2, -0.15) is 0 Å². The molecule has 0 saturated carbocycles. The number of nitrogens with zero attached hydrogens (tertiary/aromatic N) is 1. The SMILES string of the molecule is O=C(O)c1cccc(-c2cccc(C(Cc3ccccc3)c3ccc(O)cn3)c2)c1. The fourth-order valence-corrected chi connectivity index (χ4v) is 3.61. The minimum absolute atomic E-state index is 0.00407. The highest BCUT2D eigenvalue weighted by atomic mass is 16.4. The Bertz CT molecular complexity index is 1150. The summed E-state index contributed by atoms with van der Waals surface area (Å²) in [5, 5.41) is 19.0. The molecule has 1 aromatic heterocycles. The second-order valence-electron chi connectivity index (χ2n) is 7.19. The fraction of sp³-hybridized carbons (Fsp3) is 0.0769. The van der Waals surface area contributed by atoms with Crippen molar-refractivity contribution in [1.82, 2.24) is 4.98 Å². The van der Waals surface area contributed by atoms with E-state index in [9.17, 15) is 15.0 Å². The molecule has 4 rings (SSSR count). The van der Waals surface area contributed by atoms with Crippen LogP contribution in [0.1, 0.15) is 33.1 Å². The molecular formula is C26H21NO3. The minimum atomic E-state index is -0.941. The van der Waals surface area contributed by atoms with Gasteiger partial charge >= 0.3 is 5.97 Å². The van der Waals surface area contributed by atoms with Crippen molar-refractivity contribution in [3.63, 3.8) is 0 Å². The molecule has 0 fully saturated rings. The molecule has 2 N–H and O–H groups in total. The normalized spacial score (nSPS) is 11.7. The summed E-state index contributed by atoms with van der Waals surface area (Å²) in [6.45, 7) is 0. The Labute approximate surface area is 175 Å². The van der Waals surface area contributed by atoms with Crippen LogP contribution in [-0.2, 0) is 6.42 Å². The largest absolute Gasteiger partial charge is 0.506 e. The summed E-state index contributed by atoms with van der Waals surface area (Å²) in [5.41, 5.74) is 5.21. The topological polar surface area (TPSA) is 70.4 Å². The van der Waals surface area contributed by atoms with E-state index in [4.69, 9.17) is 0 Å².